The van der Waals surface area contributed by atoms with Crippen molar-refractivity contribution in [3.05, 3.63) is 56.1 Å². The normalized spacial score (nSPS) is 21.6. The summed E-state index contributed by atoms with van der Waals surface area (Å²) in [6.07, 6.45) is 0.0192. The predicted octanol–water partition coefficient (Wildman–Crippen LogP) is 1.78. The fourth-order valence-corrected chi connectivity index (χ4v) is 6.74. The van der Waals surface area contributed by atoms with E-state index in [2.05, 4.69) is 5.32 Å². The highest BCUT2D eigenvalue weighted by atomic mass is 32.2. The molecule has 11 heteroatoms. The number of esters is 1. The maximum atomic E-state index is 14.8. The Labute approximate surface area is 208 Å². The predicted molar refractivity (Wildman–Crippen MR) is 128 cm³/mol. The van der Waals surface area contributed by atoms with Crippen molar-refractivity contribution in [1.82, 2.24) is 14.9 Å². The van der Waals surface area contributed by atoms with Gasteiger partial charge in [-0.3, -0.25) is 9.59 Å². The average molecular weight is 512 g/mol. The van der Waals surface area contributed by atoms with Gasteiger partial charge in [-0.1, -0.05) is 6.92 Å². The number of cyclic esters (lactones) is 1. The maximum Gasteiger partial charge on any atom is 0.343 e. The van der Waals surface area contributed by atoms with E-state index in [1.54, 1.807) is 19.9 Å². The first-order valence-electron chi connectivity index (χ1n) is 11.5. The number of carbonyl (C=O) groups is 2. The van der Waals surface area contributed by atoms with E-state index in [1.165, 1.54) is 22.4 Å². The Balaban J connectivity index is 1.66. The zero-order valence-electron chi connectivity index (χ0n) is 19.5. The molecule has 0 radical (unpaired) electrons. The average Bonchev–Trinajstić information content (AvgIpc) is 3.24. The number of aliphatic hydroxyl groups is 2. The summed E-state index contributed by atoms with van der Waals surface area (Å²) >= 11 is 1.41. The number of nitrogens with zero attached hydrogens (tertiary/aromatic N) is 2. The molecule has 5 heterocycles. The monoisotopic (exact) mass is 511 g/mol. The summed E-state index contributed by atoms with van der Waals surface area (Å²) in [6.45, 7) is 2.55. The maximum absolute atomic E-state index is 14.8. The second-order valence-electron chi connectivity index (χ2n) is 9.25. The lowest BCUT2D eigenvalue weighted by atomic mass is 9.86. The van der Waals surface area contributed by atoms with Crippen molar-refractivity contribution in [2.24, 2.45) is 0 Å². The van der Waals surface area contributed by atoms with Gasteiger partial charge in [-0.25, -0.2) is 14.2 Å². The van der Waals surface area contributed by atoms with Crippen LogP contribution in [-0.4, -0.2) is 44.0 Å². The van der Waals surface area contributed by atoms with Crippen molar-refractivity contribution in [3.63, 3.8) is 0 Å². The third-order valence-electron chi connectivity index (χ3n) is 7.38. The van der Waals surface area contributed by atoms with E-state index in [-0.39, 0.29) is 30.7 Å². The number of halogens is 1. The number of benzene rings is 1. The summed E-state index contributed by atoms with van der Waals surface area (Å²) in [5, 5.41) is 24.0. The molecular formula is C25H22FN3O6S. The van der Waals surface area contributed by atoms with Crippen LogP contribution in [0.3, 0.4) is 0 Å². The molecule has 3 aliphatic rings. The van der Waals surface area contributed by atoms with Gasteiger partial charge in [0.2, 0.25) is 5.91 Å². The van der Waals surface area contributed by atoms with E-state index >= 15 is 0 Å². The molecule has 2 aromatic heterocycles. The van der Waals surface area contributed by atoms with Gasteiger partial charge in [-0.05, 0) is 30.5 Å². The van der Waals surface area contributed by atoms with Crippen LogP contribution >= 0.6 is 11.8 Å². The molecule has 1 amide bonds. The van der Waals surface area contributed by atoms with Crippen molar-refractivity contribution in [2.45, 2.75) is 50.0 Å². The summed E-state index contributed by atoms with van der Waals surface area (Å²) in [5.74, 6) is -1.36. The highest BCUT2D eigenvalue weighted by Gasteiger charge is 2.46. The number of nitrogens with one attached hydrogen (secondary N) is 1. The number of carbonyl (C=O) groups excluding carboxylic acids is 2. The number of thioether (sulfide) groups is 1. The lowest BCUT2D eigenvalue weighted by molar-refractivity contribution is -0.172. The lowest BCUT2D eigenvalue weighted by Gasteiger charge is -2.31. The molecule has 0 aliphatic carbocycles. The fourth-order valence-electron chi connectivity index (χ4n) is 5.48. The first kappa shape index (κ1) is 23.1. The van der Waals surface area contributed by atoms with Gasteiger partial charge < -0.3 is 24.8 Å². The molecule has 0 saturated carbocycles. The topological polar surface area (TPSA) is 131 Å². The van der Waals surface area contributed by atoms with Crippen LogP contribution in [-0.2, 0) is 33.1 Å². The standard InChI is InChI=1S/C25H22FN3O6S/c1-3-25(34)13-4-17-21-11(6-29(17)23(32)12(13)8-35-24(25)33)19-16(27-18(31)7-30)9-36-22-10(2)14(26)5-15(28-21)20(19)22/h4-5,16,30,34H,3,6-9H2,1-2H3,(H,27,31)/t16-,25-/m0/s1. The Morgan fingerprint density at radius 1 is 1.36 bits per heavy atom. The number of aliphatic hydroxyl groups excluding tert-OH is 1. The second kappa shape index (κ2) is 7.86. The molecule has 9 nitrogen and oxygen atoms in total. The van der Waals surface area contributed by atoms with Gasteiger partial charge in [0.1, 0.15) is 19.0 Å². The molecule has 0 bridgehead atoms. The largest absolute Gasteiger partial charge is 0.458 e. The van der Waals surface area contributed by atoms with Crippen LogP contribution < -0.4 is 10.9 Å². The number of fused-ring (bicyclic) bond motifs is 5. The molecule has 0 saturated heterocycles. The molecule has 3 N–H and O–H groups in total. The Bertz CT molecular complexity index is 1580. The molecule has 1 aromatic carbocycles. The van der Waals surface area contributed by atoms with Crippen LogP contribution in [0.2, 0.25) is 0 Å². The number of aromatic nitrogens is 2. The highest BCUT2D eigenvalue weighted by Crippen LogP contribution is 2.48. The van der Waals surface area contributed by atoms with E-state index in [4.69, 9.17) is 9.72 Å². The molecule has 0 fully saturated rings. The summed E-state index contributed by atoms with van der Waals surface area (Å²) < 4.78 is 21.5. The minimum atomic E-state index is -1.96. The molecule has 0 unspecified atom stereocenters. The molecule has 6 rings (SSSR count). The summed E-state index contributed by atoms with van der Waals surface area (Å²) in [6, 6.07) is 2.44. The molecular weight excluding hydrogens is 489 g/mol. The van der Waals surface area contributed by atoms with Gasteiger partial charge in [-0.2, -0.15) is 0 Å². The minimum Gasteiger partial charge on any atom is -0.458 e. The first-order chi connectivity index (χ1) is 17.2. The first-order valence-corrected chi connectivity index (χ1v) is 12.5. The van der Waals surface area contributed by atoms with Gasteiger partial charge in [0.15, 0.2) is 5.60 Å². The van der Waals surface area contributed by atoms with Crippen molar-refractivity contribution >= 4 is 34.5 Å². The molecule has 0 spiro atoms. The van der Waals surface area contributed by atoms with Gasteiger partial charge in [0.05, 0.1) is 35.1 Å². The van der Waals surface area contributed by atoms with Crippen molar-refractivity contribution in [3.8, 4) is 11.4 Å². The number of ether oxygens (including phenoxy) is 1. The highest BCUT2D eigenvalue weighted by molar-refractivity contribution is 7.99. The van der Waals surface area contributed by atoms with E-state index in [9.17, 15) is 29.0 Å². The third-order valence-corrected chi connectivity index (χ3v) is 8.68. The molecule has 186 valence electrons. The van der Waals surface area contributed by atoms with E-state index in [1.807, 2.05) is 0 Å². The molecule has 2 atom stereocenters. The number of amides is 1. The SMILES string of the molecule is CC[C@@]1(O)C(=O)OCc2c1cc1n(c2=O)Cc2c-1nc1cc(F)c(C)c3c1c2[C@@H](NC(=O)CO)CS3. The number of hydrogen-bond acceptors (Lipinski definition) is 8. The van der Waals surface area contributed by atoms with Gasteiger partial charge in [0.25, 0.3) is 5.56 Å². The van der Waals surface area contributed by atoms with Gasteiger partial charge in [-0.15, -0.1) is 11.8 Å². The smallest absolute Gasteiger partial charge is 0.343 e. The Morgan fingerprint density at radius 3 is 2.86 bits per heavy atom. The van der Waals surface area contributed by atoms with Gasteiger partial charge >= 0.3 is 5.97 Å². The van der Waals surface area contributed by atoms with Crippen molar-refractivity contribution in [1.29, 1.82) is 0 Å². The van der Waals surface area contributed by atoms with E-state index in [0.29, 0.717) is 39.2 Å². The Hall–Kier alpha value is -3.28. The number of pyridine rings is 2. The number of rotatable bonds is 3. The van der Waals surface area contributed by atoms with Crippen molar-refractivity contribution < 1.29 is 28.9 Å². The van der Waals surface area contributed by atoms with Crippen LogP contribution in [0.1, 0.15) is 47.2 Å². The van der Waals surface area contributed by atoms with Crippen LogP contribution in [0.25, 0.3) is 22.3 Å². The Morgan fingerprint density at radius 2 is 2.14 bits per heavy atom. The second-order valence-corrected chi connectivity index (χ2v) is 10.3. The minimum absolute atomic E-state index is 0.0192. The summed E-state index contributed by atoms with van der Waals surface area (Å²) in [4.78, 5) is 43.6. The summed E-state index contributed by atoms with van der Waals surface area (Å²) in [7, 11) is 0. The molecule has 3 aromatic rings. The van der Waals surface area contributed by atoms with Crippen LogP contribution in [0, 0.1) is 12.7 Å². The van der Waals surface area contributed by atoms with Crippen LogP contribution in [0.15, 0.2) is 21.8 Å². The van der Waals surface area contributed by atoms with E-state index < -0.39 is 41.5 Å². The molecule has 36 heavy (non-hydrogen) atoms. The van der Waals surface area contributed by atoms with Crippen molar-refractivity contribution in [2.75, 3.05) is 12.4 Å². The summed E-state index contributed by atoms with van der Waals surface area (Å²) in [5.41, 5.74) is 1.16. The fraction of sp³-hybridized carbons (Fsp3) is 0.360. The molecule has 3 aliphatic heterocycles. The van der Waals surface area contributed by atoms with E-state index in [0.717, 1.165) is 10.5 Å². The van der Waals surface area contributed by atoms with Crippen LogP contribution in [0.4, 0.5) is 4.39 Å². The Kier molecular flexibility index (Phi) is 5.05. The zero-order chi connectivity index (χ0) is 25.5. The third kappa shape index (κ3) is 2.96. The number of hydrogen-bond donors (Lipinski definition) is 3. The lowest BCUT2D eigenvalue weighted by Crippen LogP contribution is -2.44. The van der Waals surface area contributed by atoms with Gasteiger partial charge in [0, 0.05) is 33.2 Å². The quantitative estimate of drug-likeness (QED) is 0.355. The van der Waals surface area contributed by atoms with Crippen LogP contribution in [0.5, 0.6) is 0 Å². The zero-order valence-corrected chi connectivity index (χ0v) is 20.3.